The average molecular weight is 348 g/mol. The van der Waals surface area contributed by atoms with Gasteiger partial charge in [0, 0.05) is 35.6 Å². The number of para-hydroxylation sites is 1. The Morgan fingerprint density at radius 2 is 1.88 bits per heavy atom. The predicted molar refractivity (Wildman–Crippen MR) is 102 cm³/mol. The van der Waals surface area contributed by atoms with Crippen molar-refractivity contribution in [1.29, 1.82) is 0 Å². The monoisotopic (exact) mass is 348 g/mol. The summed E-state index contributed by atoms with van der Waals surface area (Å²) in [5.74, 6) is 1.15. The smallest absolute Gasteiger partial charge is 0.225 e. The van der Waals surface area contributed by atoms with Gasteiger partial charge in [0.2, 0.25) is 5.95 Å². The van der Waals surface area contributed by atoms with Crippen molar-refractivity contribution in [3.8, 4) is 0 Å². The number of aromatic nitrogens is 2. The molecule has 0 bridgehead atoms. The minimum Gasteiger partial charge on any atom is -0.350 e. The molecule has 5 heteroatoms. The number of benzene rings is 2. The van der Waals surface area contributed by atoms with Crippen molar-refractivity contribution in [3.63, 3.8) is 0 Å². The third-order valence-electron chi connectivity index (χ3n) is 4.69. The summed E-state index contributed by atoms with van der Waals surface area (Å²) in [6.07, 6.45) is 0.997. The van der Waals surface area contributed by atoms with Crippen molar-refractivity contribution in [2.45, 2.75) is 32.9 Å². The summed E-state index contributed by atoms with van der Waals surface area (Å²) < 4.78 is 13.8. The molecule has 132 valence electrons. The van der Waals surface area contributed by atoms with Crippen LogP contribution in [0.15, 0.2) is 54.6 Å². The molecular formula is C21H21FN4. The first-order chi connectivity index (χ1) is 12.6. The van der Waals surface area contributed by atoms with Gasteiger partial charge < -0.3 is 10.2 Å². The van der Waals surface area contributed by atoms with Crippen molar-refractivity contribution in [2.75, 3.05) is 10.2 Å². The van der Waals surface area contributed by atoms with Gasteiger partial charge in [0.1, 0.15) is 11.6 Å². The molecule has 0 saturated carbocycles. The van der Waals surface area contributed by atoms with Crippen molar-refractivity contribution in [3.05, 3.63) is 77.2 Å². The van der Waals surface area contributed by atoms with Crippen molar-refractivity contribution < 1.29 is 4.39 Å². The van der Waals surface area contributed by atoms with Crippen LogP contribution in [-0.4, -0.2) is 16.0 Å². The van der Waals surface area contributed by atoms with E-state index in [0.29, 0.717) is 24.1 Å². The van der Waals surface area contributed by atoms with E-state index in [4.69, 9.17) is 4.98 Å². The maximum atomic E-state index is 13.8. The number of anilines is 3. The molecule has 0 aliphatic carbocycles. The molecule has 4 rings (SSSR count). The zero-order valence-corrected chi connectivity index (χ0v) is 14.9. The van der Waals surface area contributed by atoms with E-state index in [-0.39, 0.29) is 5.82 Å². The highest BCUT2D eigenvalue weighted by Crippen LogP contribution is 2.37. The fourth-order valence-corrected chi connectivity index (χ4v) is 3.49. The first kappa shape index (κ1) is 16.5. The Bertz CT molecular complexity index is 941. The van der Waals surface area contributed by atoms with E-state index in [9.17, 15) is 4.39 Å². The van der Waals surface area contributed by atoms with E-state index in [1.807, 2.05) is 19.1 Å². The van der Waals surface area contributed by atoms with Crippen LogP contribution in [0.5, 0.6) is 0 Å². The number of nitrogens with one attached hydrogen (secondary N) is 1. The molecular weight excluding hydrogens is 327 g/mol. The summed E-state index contributed by atoms with van der Waals surface area (Å²) in [7, 11) is 0. The second-order valence-electron chi connectivity index (χ2n) is 6.69. The zero-order valence-electron chi connectivity index (χ0n) is 14.9. The highest BCUT2D eigenvalue weighted by Gasteiger charge is 2.28. The van der Waals surface area contributed by atoms with Crippen molar-refractivity contribution in [1.82, 2.24) is 9.97 Å². The van der Waals surface area contributed by atoms with Gasteiger partial charge in [-0.1, -0.05) is 36.4 Å². The minimum atomic E-state index is -0.227. The summed E-state index contributed by atoms with van der Waals surface area (Å²) in [5, 5.41) is 3.16. The number of hydrogen-bond acceptors (Lipinski definition) is 4. The van der Waals surface area contributed by atoms with Gasteiger partial charge in [-0.25, -0.2) is 9.37 Å². The summed E-state index contributed by atoms with van der Waals surface area (Å²) in [6.45, 7) is 4.50. The van der Waals surface area contributed by atoms with Crippen LogP contribution < -0.4 is 10.2 Å². The second-order valence-corrected chi connectivity index (χ2v) is 6.69. The highest BCUT2D eigenvalue weighted by molar-refractivity contribution is 5.69. The van der Waals surface area contributed by atoms with E-state index in [2.05, 4.69) is 46.4 Å². The third-order valence-corrected chi connectivity index (χ3v) is 4.69. The van der Waals surface area contributed by atoms with E-state index in [1.54, 1.807) is 12.1 Å². The van der Waals surface area contributed by atoms with Crippen LogP contribution in [-0.2, 0) is 13.0 Å². The van der Waals surface area contributed by atoms with Gasteiger partial charge in [-0.3, -0.25) is 0 Å². The maximum Gasteiger partial charge on any atom is 0.225 e. The lowest BCUT2D eigenvalue weighted by atomic mass is 10.1. The second kappa shape index (κ2) is 6.75. The molecule has 0 fully saturated rings. The Hall–Kier alpha value is -2.95. The largest absolute Gasteiger partial charge is 0.350 e. The number of rotatable bonds is 4. The molecule has 2 heterocycles. The van der Waals surface area contributed by atoms with Gasteiger partial charge in [0.25, 0.3) is 0 Å². The number of halogens is 1. The molecule has 0 spiro atoms. The Kier molecular flexibility index (Phi) is 4.29. The standard InChI is InChI=1S/C21H21FN4/c1-14-11-20(26-15(2)12-16-7-4-6-10-19(16)26)25-21(24-14)23-13-17-8-3-5-9-18(17)22/h3-11,15H,12-13H2,1-2H3,(H,23,24,25). The SMILES string of the molecule is Cc1cc(N2c3ccccc3CC2C)nc(NCc2ccccc2F)n1. The van der Waals surface area contributed by atoms with Crippen LogP contribution in [0.2, 0.25) is 0 Å². The number of fused-ring (bicyclic) bond motifs is 1. The molecule has 1 N–H and O–H groups in total. The van der Waals surface area contributed by atoms with Crippen molar-refractivity contribution >= 4 is 17.5 Å². The zero-order chi connectivity index (χ0) is 18.1. The van der Waals surface area contributed by atoms with Crippen LogP contribution in [0.3, 0.4) is 0 Å². The fraction of sp³-hybridized carbons (Fsp3) is 0.238. The lowest BCUT2D eigenvalue weighted by molar-refractivity contribution is 0.612. The van der Waals surface area contributed by atoms with E-state index >= 15 is 0 Å². The molecule has 3 aromatic rings. The minimum absolute atomic E-state index is 0.227. The molecule has 0 amide bonds. The average Bonchev–Trinajstić information content (AvgIpc) is 2.96. The van der Waals surface area contributed by atoms with Crippen LogP contribution >= 0.6 is 0 Å². The maximum absolute atomic E-state index is 13.8. The Morgan fingerprint density at radius 1 is 1.12 bits per heavy atom. The topological polar surface area (TPSA) is 41.1 Å². The Labute approximate surface area is 152 Å². The van der Waals surface area contributed by atoms with E-state index < -0.39 is 0 Å². The van der Waals surface area contributed by atoms with Gasteiger partial charge in [-0.05, 0) is 38.0 Å². The molecule has 1 aliphatic heterocycles. The van der Waals surface area contributed by atoms with E-state index in [0.717, 1.165) is 17.9 Å². The lowest BCUT2D eigenvalue weighted by Crippen LogP contribution is -2.25. The predicted octanol–water partition coefficient (Wildman–Crippen LogP) is 4.62. The molecule has 4 nitrogen and oxygen atoms in total. The van der Waals surface area contributed by atoms with E-state index in [1.165, 1.54) is 17.3 Å². The van der Waals surface area contributed by atoms with Gasteiger partial charge in [0.05, 0.1) is 0 Å². The summed E-state index contributed by atoms with van der Waals surface area (Å²) in [4.78, 5) is 11.4. The molecule has 1 aromatic heterocycles. The third kappa shape index (κ3) is 3.12. The number of nitrogens with zero attached hydrogens (tertiary/aromatic N) is 3. The summed E-state index contributed by atoms with van der Waals surface area (Å²) in [5.41, 5.74) is 4.00. The fourth-order valence-electron chi connectivity index (χ4n) is 3.49. The van der Waals surface area contributed by atoms with Crippen LogP contribution in [0.1, 0.15) is 23.7 Å². The lowest BCUT2D eigenvalue weighted by Gasteiger charge is -2.24. The molecule has 1 unspecified atom stereocenters. The highest BCUT2D eigenvalue weighted by atomic mass is 19.1. The molecule has 0 radical (unpaired) electrons. The van der Waals surface area contributed by atoms with Gasteiger partial charge in [-0.2, -0.15) is 4.98 Å². The van der Waals surface area contributed by atoms with Crippen LogP contribution in [0.25, 0.3) is 0 Å². The van der Waals surface area contributed by atoms with Crippen LogP contribution in [0.4, 0.5) is 21.8 Å². The number of aryl methyl sites for hydroxylation is 1. The van der Waals surface area contributed by atoms with Crippen molar-refractivity contribution in [2.24, 2.45) is 0 Å². The molecule has 1 aliphatic rings. The molecule has 0 saturated heterocycles. The summed E-state index contributed by atoms with van der Waals surface area (Å²) in [6, 6.07) is 17.5. The molecule has 1 atom stereocenters. The van der Waals surface area contributed by atoms with Crippen LogP contribution in [0, 0.1) is 12.7 Å². The normalized spacial score (nSPS) is 15.8. The summed E-state index contributed by atoms with van der Waals surface area (Å²) >= 11 is 0. The number of hydrogen-bond donors (Lipinski definition) is 1. The van der Waals surface area contributed by atoms with Gasteiger partial charge >= 0.3 is 0 Å². The first-order valence-electron chi connectivity index (χ1n) is 8.82. The molecule has 2 aromatic carbocycles. The molecule has 26 heavy (non-hydrogen) atoms. The van der Waals surface area contributed by atoms with Gasteiger partial charge in [-0.15, -0.1) is 0 Å². The first-order valence-corrected chi connectivity index (χ1v) is 8.82. The Balaban J connectivity index is 1.62. The van der Waals surface area contributed by atoms with Gasteiger partial charge in [0.15, 0.2) is 0 Å². The Morgan fingerprint density at radius 3 is 2.73 bits per heavy atom. The quantitative estimate of drug-likeness (QED) is 0.747.